The van der Waals surface area contributed by atoms with E-state index in [0.717, 1.165) is 37.8 Å². The summed E-state index contributed by atoms with van der Waals surface area (Å²) in [5.41, 5.74) is 0.311. The first kappa shape index (κ1) is 27.1. The summed E-state index contributed by atoms with van der Waals surface area (Å²) in [4.78, 5) is 31.8. The van der Waals surface area contributed by atoms with Crippen molar-refractivity contribution < 1.29 is 22.7 Å². The first-order chi connectivity index (χ1) is 16.6. The summed E-state index contributed by atoms with van der Waals surface area (Å²) in [6.07, 6.45) is 3.38. The summed E-state index contributed by atoms with van der Waals surface area (Å²) in [7, 11) is 0.386. The Morgan fingerprint density at radius 3 is 2.54 bits per heavy atom. The number of sulfonamides is 1. The van der Waals surface area contributed by atoms with Gasteiger partial charge in [0.05, 0.1) is 17.3 Å². The molecule has 1 aromatic heterocycles. The molecule has 0 amide bonds. The Labute approximate surface area is 211 Å². The maximum Gasteiger partial charge on any atom is 0.263 e. The fourth-order valence-corrected chi connectivity index (χ4v) is 5.21. The standard InChI is InChI=1S/C24H32N4O5S2/c1-18(29)34-17-23(30)19-5-10-24(25-15-19)26-35(31,32)22-8-6-21(7-9-22)33-14-4-12-28-13-11-20(16-28)27(2)3/h5-10,15,20H,4,11-14,16-17H2,1-3H3,(H,25,26). The SMILES string of the molecule is CC(=O)SCC(=O)c1ccc(NS(=O)(=O)c2ccc(OCCCN3CCC(N(C)C)C3)cc2)nc1. The van der Waals surface area contributed by atoms with Gasteiger partial charge in [-0.05, 0) is 69.9 Å². The minimum Gasteiger partial charge on any atom is -0.494 e. The zero-order chi connectivity index (χ0) is 25.4. The molecule has 1 aromatic carbocycles. The van der Waals surface area contributed by atoms with Crippen molar-refractivity contribution in [3.05, 3.63) is 48.2 Å². The number of ether oxygens (including phenoxy) is 1. The molecular formula is C24H32N4O5S2. The second-order valence-corrected chi connectivity index (χ2v) is 11.5. The highest BCUT2D eigenvalue weighted by molar-refractivity contribution is 8.14. The number of carbonyl (C=O) groups excluding carboxylic acids is 2. The van der Waals surface area contributed by atoms with Gasteiger partial charge in [-0.15, -0.1) is 0 Å². The Kier molecular flexibility index (Phi) is 9.67. The van der Waals surface area contributed by atoms with Crippen LogP contribution in [0.1, 0.15) is 30.1 Å². The lowest BCUT2D eigenvalue weighted by Gasteiger charge is -2.20. The molecule has 2 aromatic rings. The van der Waals surface area contributed by atoms with Gasteiger partial charge >= 0.3 is 0 Å². The van der Waals surface area contributed by atoms with Gasteiger partial charge in [0.2, 0.25) is 0 Å². The van der Waals surface area contributed by atoms with Crippen LogP contribution in [0.25, 0.3) is 0 Å². The predicted octanol–water partition coefficient (Wildman–Crippen LogP) is 2.75. The highest BCUT2D eigenvalue weighted by Gasteiger charge is 2.23. The number of pyridine rings is 1. The molecule has 190 valence electrons. The number of ketones is 1. The van der Waals surface area contributed by atoms with Crippen LogP contribution >= 0.6 is 11.8 Å². The number of likely N-dealkylation sites (tertiary alicyclic amines) is 1. The molecule has 0 spiro atoms. The number of Topliss-reactive ketones (excluding diaryl/α,β-unsaturated/α-hetero) is 1. The molecule has 1 aliphatic heterocycles. The maximum absolute atomic E-state index is 12.7. The number of aromatic nitrogens is 1. The van der Waals surface area contributed by atoms with Crippen molar-refractivity contribution in [3.63, 3.8) is 0 Å². The minimum atomic E-state index is -3.85. The molecule has 9 nitrogen and oxygen atoms in total. The fraction of sp³-hybridized carbons (Fsp3) is 0.458. The normalized spacial score (nSPS) is 16.4. The van der Waals surface area contributed by atoms with Crippen LogP contribution in [0, 0.1) is 0 Å². The van der Waals surface area contributed by atoms with E-state index in [1.807, 2.05) is 0 Å². The number of anilines is 1. The van der Waals surface area contributed by atoms with E-state index >= 15 is 0 Å². The topological polar surface area (TPSA) is 109 Å². The lowest BCUT2D eigenvalue weighted by atomic mass is 10.2. The van der Waals surface area contributed by atoms with Crippen molar-refractivity contribution in [2.45, 2.75) is 30.7 Å². The molecule has 0 bridgehead atoms. The molecular weight excluding hydrogens is 488 g/mol. The zero-order valence-corrected chi connectivity index (χ0v) is 21.9. The zero-order valence-electron chi connectivity index (χ0n) is 20.3. The second kappa shape index (κ2) is 12.5. The number of benzene rings is 1. The number of rotatable bonds is 12. The van der Waals surface area contributed by atoms with Gasteiger partial charge in [-0.2, -0.15) is 0 Å². The number of hydrogen-bond donors (Lipinski definition) is 1. The summed E-state index contributed by atoms with van der Waals surface area (Å²) in [6.45, 7) is 5.12. The third-order valence-electron chi connectivity index (χ3n) is 5.73. The highest BCUT2D eigenvalue weighted by Crippen LogP contribution is 2.20. The maximum atomic E-state index is 12.7. The molecule has 1 aliphatic rings. The van der Waals surface area contributed by atoms with E-state index in [9.17, 15) is 18.0 Å². The smallest absolute Gasteiger partial charge is 0.263 e. The molecule has 2 heterocycles. The first-order valence-corrected chi connectivity index (χ1v) is 13.9. The third kappa shape index (κ3) is 8.31. The summed E-state index contributed by atoms with van der Waals surface area (Å²) < 4.78 is 33.5. The van der Waals surface area contributed by atoms with Gasteiger partial charge < -0.3 is 14.5 Å². The summed E-state index contributed by atoms with van der Waals surface area (Å²) in [6, 6.07) is 9.75. The van der Waals surface area contributed by atoms with Gasteiger partial charge in [0, 0.05) is 37.8 Å². The molecule has 3 rings (SSSR count). The monoisotopic (exact) mass is 520 g/mol. The third-order valence-corrected chi connectivity index (χ3v) is 7.91. The lowest BCUT2D eigenvalue weighted by molar-refractivity contribution is -0.109. The van der Waals surface area contributed by atoms with E-state index in [4.69, 9.17) is 4.74 Å². The molecule has 1 unspecified atom stereocenters. The highest BCUT2D eigenvalue weighted by atomic mass is 32.2. The van der Waals surface area contributed by atoms with Crippen LogP contribution < -0.4 is 9.46 Å². The Balaban J connectivity index is 1.46. The molecule has 0 aliphatic carbocycles. The Morgan fingerprint density at radius 1 is 1.20 bits per heavy atom. The molecule has 1 saturated heterocycles. The van der Waals surface area contributed by atoms with E-state index in [1.165, 1.54) is 43.8 Å². The number of nitrogens with zero attached hydrogens (tertiary/aromatic N) is 3. The molecule has 1 atom stereocenters. The van der Waals surface area contributed by atoms with Crippen molar-refractivity contribution in [1.82, 2.24) is 14.8 Å². The van der Waals surface area contributed by atoms with E-state index in [2.05, 4.69) is 33.6 Å². The average Bonchev–Trinajstić information content (AvgIpc) is 3.30. The van der Waals surface area contributed by atoms with Crippen molar-refractivity contribution in [1.29, 1.82) is 0 Å². The largest absolute Gasteiger partial charge is 0.494 e. The van der Waals surface area contributed by atoms with Crippen LogP contribution in [0.4, 0.5) is 5.82 Å². The van der Waals surface area contributed by atoms with E-state index in [1.54, 1.807) is 12.1 Å². The van der Waals surface area contributed by atoms with Crippen LogP contribution in [0.2, 0.25) is 0 Å². The van der Waals surface area contributed by atoms with Crippen LogP contribution in [0.15, 0.2) is 47.5 Å². The number of carbonyl (C=O) groups is 2. The van der Waals surface area contributed by atoms with E-state index in [0.29, 0.717) is 24.0 Å². The fourth-order valence-electron chi connectivity index (χ4n) is 3.70. The molecule has 35 heavy (non-hydrogen) atoms. The predicted molar refractivity (Wildman–Crippen MR) is 138 cm³/mol. The number of likely N-dealkylation sites (N-methyl/N-ethyl adjacent to an activating group) is 1. The molecule has 11 heteroatoms. The van der Waals surface area contributed by atoms with Crippen LogP contribution in [0.3, 0.4) is 0 Å². The van der Waals surface area contributed by atoms with Crippen molar-refractivity contribution >= 4 is 38.5 Å². The second-order valence-electron chi connectivity index (χ2n) is 8.62. The van der Waals surface area contributed by atoms with Crippen molar-refractivity contribution in [2.24, 2.45) is 0 Å². The van der Waals surface area contributed by atoms with Gasteiger partial charge in [0.1, 0.15) is 11.6 Å². The summed E-state index contributed by atoms with van der Waals surface area (Å²) in [5, 5.41) is -0.146. The number of hydrogen-bond acceptors (Lipinski definition) is 9. The van der Waals surface area contributed by atoms with Crippen molar-refractivity contribution in [2.75, 3.05) is 50.8 Å². The van der Waals surface area contributed by atoms with Gasteiger partial charge in [-0.3, -0.25) is 14.3 Å². The van der Waals surface area contributed by atoms with Gasteiger partial charge in [-0.1, -0.05) is 11.8 Å². The Bertz CT molecular complexity index is 1110. The number of thioether (sulfide) groups is 1. The summed E-state index contributed by atoms with van der Waals surface area (Å²) in [5.74, 6) is 0.479. The van der Waals surface area contributed by atoms with Crippen LogP contribution in [-0.2, 0) is 14.8 Å². The molecule has 0 saturated carbocycles. The van der Waals surface area contributed by atoms with Gasteiger partial charge in [-0.25, -0.2) is 13.4 Å². The Hall–Kier alpha value is -2.47. The van der Waals surface area contributed by atoms with Crippen LogP contribution in [0.5, 0.6) is 5.75 Å². The Morgan fingerprint density at radius 2 is 1.94 bits per heavy atom. The molecule has 1 fully saturated rings. The van der Waals surface area contributed by atoms with Gasteiger partial charge in [0.25, 0.3) is 10.0 Å². The lowest BCUT2D eigenvalue weighted by Crippen LogP contribution is -2.32. The average molecular weight is 521 g/mol. The number of nitrogens with one attached hydrogen (secondary N) is 1. The quantitative estimate of drug-likeness (QED) is 0.334. The molecule has 0 radical (unpaired) electrons. The van der Waals surface area contributed by atoms with Gasteiger partial charge in [0.15, 0.2) is 10.9 Å². The van der Waals surface area contributed by atoms with E-state index < -0.39 is 10.0 Å². The summed E-state index contributed by atoms with van der Waals surface area (Å²) >= 11 is 0.918. The molecule has 1 N–H and O–H groups in total. The van der Waals surface area contributed by atoms with E-state index in [-0.39, 0.29) is 27.4 Å². The first-order valence-electron chi connectivity index (χ1n) is 11.4. The van der Waals surface area contributed by atoms with Crippen molar-refractivity contribution in [3.8, 4) is 5.75 Å². The van der Waals surface area contributed by atoms with Crippen LogP contribution in [-0.4, -0.2) is 86.2 Å². The minimum absolute atomic E-state index is 0.0195.